The smallest absolute Gasteiger partial charge is 0.337 e. The number of esters is 1. The van der Waals surface area contributed by atoms with Crippen LogP contribution in [-0.2, 0) is 20.9 Å². The van der Waals surface area contributed by atoms with Crippen LogP contribution in [0.4, 0.5) is 0 Å². The lowest BCUT2D eigenvalue weighted by molar-refractivity contribution is -0.154. The molecule has 0 aliphatic heterocycles. The van der Waals surface area contributed by atoms with Crippen molar-refractivity contribution in [2.24, 2.45) is 17.8 Å². The molecule has 4 atom stereocenters. The van der Waals surface area contributed by atoms with Crippen LogP contribution in [0.25, 0.3) is 0 Å². The summed E-state index contributed by atoms with van der Waals surface area (Å²) in [5, 5.41) is 12.4. The molecule has 2 aliphatic rings. The van der Waals surface area contributed by atoms with Gasteiger partial charge in [0.15, 0.2) is 6.10 Å². The number of hydrogen-bond acceptors (Lipinski definition) is 4. The lowest BCUT2D eigenvalue weighted by Gasteiger charge is -2.12. The summed E-state index contributed by atoms with van der Waals surface area (Å²) in [6.07, 6.45) is 2.16. The van der Waals surface area contributed by atoms with Crippen LogP contribution in [0, 0.1) is 17.8 Å². The third-order valence-electron chi connectivity index (χ3n) is 4.67. The van der Waals surface area contributed by atoms with Crippen molar-refractivity contribution in [3.63, 3.8) is 0 Å². The Labute approximate surface area is 129 Å². The van der Waals surface area contributed by atoms with Crippen LogP contribution in [0.15, 0.2) is 30.3 Å². The van der Waals surface area contributed by atoms with E-state index in [0.29, 0.717) is 11.8 Å². The molecule has 2 saturated carbocycles. The average molecular weight is 303 g/mol. The fourth-order valence-corrected chi connectivity index (χ4v) is 3.43. The van der Waals surface area contributed by atoms with E-state index in [1.54, 1.807) is 0 Å². The van der Waals surface area contributed by atoms with Crippen LogP contribution in [0.2, 0.25) is 0 Å². The molecule has 1 amide bonds. The summed E-state index contributed by atoms with van der Waals surface area (Å²) in [4.78, 5) is 23.6. The highest BCUT2D eigenvalue weighted by Crippen LogP contribution is 2.57. The number of aliphatic hydroxyl groups excluding tert-OH is 1. The Kier molecular flexibility index (Phi) is 4.43. The Balaban J connectivity index is 1.37. The molecule has 1 aromatic carbocycles. The minimum atomic E-state index is -1.31. The summed E-state index contributed by atoms with van der Waals surface area (Å²) >= 11 is 0. The van der Waals surface area contributed by atoms with E-state index in [1.807, 2.05) is 30.3 Å². The highest BCUT2D eigenvalue weighted by atomic mass is 16.5. The second-order valence-corrected chi connectivity index (χ2v) is 6.14. The Morgan fingerprint density at radius 3 is 2.59 bits per heavy atom. The fraction of sp³-hybridized carbons (Fsp3) is 0.529. The molecule has 22 heavy (non-hydrogen) atoms. The average Bonchev–Trinajstić information content (AvgIpc) is 3.03. The Bertz CT molecular complexity index is 535. The van der Waals surface area contributed by atoms with Gasteiger partial charge in [0.1, 0.15) is 6.61 Å². The predicted molar refractivity (Wildman–Crippen MR) is 79.6 cm³/mol. The molecular formula is C17H21NO4. The Morgan fingerprint density at radius 2 is 1.91 bits per heavy atom. The maximum Gasteiger partial charge on any atom is 0.337 e. The first kappa shape index (κ1) is 15.0. The van der Waals surface area contributed by atoms with Crippen molar-refractivity contribution in [2.45, 2.75) is 32.0 Å². The molecule has 1 unspecified atom stereocenters. The zero-order valence-electron chi connectivity index (χ0n) is 12.4. The summed E-state index contributed by atoms with van der Waals surface area (Å²) in [5.41, 5.74) is 0.859. The highest BCUT2D eigenvalue weighted by molar-refractivity contribution is 5.83. The molecule has 0 radical (unpaired) electrons. The molecule has 0 spiro atoms. The van der Waals surface area contributed by atoms with Crippen molar-refractivity contribution in [1.82, 2.24) is 5.32 Å². The number of nitrogens with one attached hydrogen (secondary N) is 1. The fourth-order valence-electron chi connectivity index (χ4n) is 3.43. The topological polar surface area (TPSA) is 75.6 Å². The summed E-state index contributed by atoms with van der Waals surface area (Å²) in [6.45, 7) is 0.0415. The molecule has 5 heteroatoms. The van der Waals surface area contributed by atoms with Crippen LogP contribution in [0.1, 0.15) is 24.8 Å². The van der Waals surface area contributed by atoms with Gasteiger partial charge in [-0.05, 0) is 30.2 Å². The van der Waals surface area contributed by atoms with Gasteiger partial charge in [0.05, 0.1) is 6.54 Å². The summed E-state index contributed by atoms with van der Waals surface area (Å²) < 4.78 is 5.03. The molecule has 5 nitrogen and oxygen atoms in total. The van der Waals surface area contributed by atoms with Crippen LogP contribution >= 0.6 is 0 Å². The first-order valence-electron chi connectivity index (χ1n) is 7.83. The number of fused-ring (bicyclic) bond motifs is 1. The molecule has 0 bridgehead atoms. The number of ether oxygens (including phenoxy) is 1. The second-order valence-electron chi connectivity index (χ2n) is 6.14. The number of carbonyl (C=O) groups excluding carboxylic acids is 2. The van der Waals surface area contributed by atoms with Gasteiger partial charge in [-0.1, -0.05) is 36.8 Å². The number of rotatable bonds is 6. The number of aliphatic hydroxyl groups is 1. The summed E-state index contributed by atoms with van der Waals surface area (Å²) in [6, 6.07) is 9.27. The van der Waals surface area contributed by atoms with Crippen LogP contribution in [0.3, 0.4) is 0 Å². The Morgan fingerprint density at radius 1 is 1.23 bits per heavy atom. The zero-order valence-corrected chi connectivity index (χ0v) is 12.4. The highest BCUT2D eigenvalue weighted by Gasteiger charge is 2.56. The third-order valence-corrected chi connectivity index (χ3v) is 4.67. The van der Waals surface area contributed by atoms with E-state index in [4.69, 9.17) is 4.74 Å². The minimum Gasteiger partial charge on any atom is -0.459 e. The number of amides is 1. The van der Waals surface area contributed by atoms with E-state index < -0.39 is 12.1 Å². The van der Waals surface area contributed by atoms with E-state index in [1.165, 1.54) is 6.42 Å². The van der Waals surface area contributed by atoms with Crippen molar-refractivity contribution in [2.75, 3.05) is 6.54 Å². The number of hydrogen-bond donors (Lipinski definition) is 2. The van der Waals surface area contributed by atoms with E-state index >= 15 is 0 Å². The summed E-state index contributed by atoms with van der Waals surface area (Å²) in [7, 11) is 0. The molecule has 0 saturated heterocycles. The van der Waals surface area contributed by atoms with Gasteiger partial charge in [-0.15, -0.1) is 0 Å². The number of benzene rings is 1. The molecule has 0 aromatic heterocycles. The monoisotopic (exact) mass is 303 g/mol. The lowest BCUT2D eigenvalue weighted by atomic mass is 10.1. The molecule has 2 aliphatic carbocycles. The first-order chi connectivity index (χ1) is 10.7. The van der Waals surface area contributed by atoms with Crippen molar-refractivity contribution >= 4 is 11.9 Å². The molecule has 118 valence electrons. The lowest BCUT2D eigenvalue weighted by Crippen LogP contribution is -2.38. The SMILES string of the molecule is O=C(NC[C@@H](O)C(=O)OCc1ccccc1)C1[C@H]2CCC[C@@H]12. The van der Waals surface area contributed by atoms with E-state index in [2.05, 4.69) is 5.32 Å². The van der Waals surface area contributed by atoms with Gasteiger partial charge in [0.2, 0.25) is 5.91 Å². The van der Waals surface area contributed by atoms with Gasteiger partial charge in [-0.3, -0.25) is 4.79 Å². The quantitative estimate of drug-likeness (QED) is 0.776. The third kappa shape index (κ3) is 3.30. The van der Waals surface area contributed by atoms with Crippen LogP contribution < -0.4 is 5.32 Å². The molecule has 3 rings (SSSR count). The zero-order chi connectivity index (χ0) is 15.5. The van der Waals surface area contributed by atoms with Gasteiger partial charge >= 0.3 is 5.97 Å². The number of carbonyl (C=O) groups is 2. The first-order valence-corrected chi connectivity index (χ1v) is 7.83. The molecule has 2 fully saturated rings. The van der Waals surface area contributed by atoms with Gasteiger partial charge in [0.25, 0.3) is 0 Å². The molecule has 0 heterocycles. The second kappa shape index (κ2) is 6.48. The van der Waals surface area contributed by atoms with Gasteiger partial charge < -0.3 is 15.2 Å². The van der Waals surface area contributed by atoms with E-state index in [-0.39, 0.29) is 25.0 Å². The van der Waals surface area contributed by atoms with Crippen molar-refractivity contribution in [1.29, 1.82) is 0 Å². The van der Waals surface area contributed by atoms with Crippen molar-refractivity contribution < 1.29 is 19.4 Å². The van der Waals surface area contributed by atoms with Crippen molar-refractivity contribution in [3.8, 4) is 0 Å². The minimum absolute atomic E-state index is 0.0374. The maximum atomic E-state index is 12.0. The van der Waals surface area contributed by atoms with Crippen LogP contribution in [0.5, 0.6) is 0 Å². The standard InChI is InChI=1S/C17H21NO4/c19-14(17(21)22-10-11-5-2-1-3-6-11)9-18-16(20)15-12-7-4-8-13(12)15/h1-3,5-6,12-15,19H,4,7-10H2,(H,18,20)/t12-,13+,14-,15?/m1/s1. The predicted octanol–water partition coefficient (Wildman–Crippen LogP) is 1.25. The van der Waals surface area contributed by atoms with Gasteiger partial charge in [-0.25, -0.2) is 4.79 Å². The van der Waals surface area contributed by atoms with Crippen LogP contribution in [-0.4, -0.2) is 29.6 Å². The largest absolute Gasteiger partial charge is 0.459 e. The molecule has 1 aromatic rings. The molecular weight excluding hydrogens is 282 g/mol. The van der Waals surface area contributed by atoms with Gasteiger partial charge in [0, 0.05) is 5.92 Å². The normalized spacial score (nSPS) is 26.9. The van der Waals surface area contributed by atoms with Crippen molar-refractivity contribution in [3.05, 3.63) is 35.9 Å². The molecule has 2 N–H and O–H groups in total. The summed E-state index contributed by atoms with van der Waals surface area (Å²) in [5.74, 6) is 0.412. The Hall–Kier alpha value is -1.88. The van der Waals surface area contributed by atoms with E-state index in [9.17, 15) is 14.7 Å². The maximum absolute atomic E-state index is 12.0. The van der Waals surface area contributed by atoms with E-state index in [0.717, 1.165) is 18.4 Å². The van der Waals surface area contributed by atoms with Gasteiger partial charge in [-0.2, -0.15) is 0 Å².